The summed E-state index contributed by atoms with van der Waals surface area (Å²) in [7, 11) is 0. The van der Waals surface area contributed by atoms with Crippen molar-refractivity contribution in [3.8, 4) is 11.8 Å². The summed E-state index contributed by atoms with van der Waals surface area (Å²) in [5, 5.41) is 9.90. The zero-order chi connectivity index (χ0) is 25.8. The van der Waals surface area contributed by atoms with Gasteiger partial charge in [-0.05, 0) is 56.8 Å². The number of ether oxygens (including phenoxy) is 2. The monoisotopic (exact) mass is 482 g/mol. The maximum absolute atomic E-state index is 11.5. The van der Waals surface area contributed by atoms with Crippen LogP contribution in [0.15, 0.2) is 34.9 Å². The number of hydrogen-bond acceptors (Lipinski definition) is 5. The van der Waals surface area contributed by atoms with Crippen molar-refractivity contribution in [1.29, 1.82) is 0 Å². The average molecular weight is 483 g/mol. The van der Waals surface area contributed by atoms with E-state index in [0.29, 0.717) is 31.1 Å². The molecule has 1 N–H and O–H groups in total. The number of carbonyl (C=O) groups is 2. The molecule has 3 unspecified atom stereocenters. The summed E-state index contributed by atoms with van der Waals surface area (Å²) in [5.74, 6) is 6.40. The van der Waals surface area contributed by atoms with E-state index < -0.39 is 5.60 Å². The third-order valence-electron chi connectivity index (χ3n) is 7.65. The fourth-order valence-corrected chi connectivity index (χ4v) is 6.28. The van der Waals surface area contributed by atoms with Crippen LogP contribution in [0.5, 0.6) is 0 Å². The Labute approximate surface area is 211 Å². The molecule has 0 heterocycles. The first-order valence-electron chi connectivity index (χ1n) is 13.0. The van der Waals surface area contributed by atoms with Crippen molar-refractivity contribution in [2.24, 2.45) is 17.3 Å². The summed E-state index contributed by atoms with van der Waals surface area (Å²) >= 11 is 0. The zero-order valence-corrected chi connectivity index (χ0v) is 22.3. The third-order valence-corrected chi connectivity index (χ3v) is 7.65. The van der Waals surface area contributed by atoms with Gasteiger partial charge in [-0.3, -0.25) is 9.59 Å². The number of fused-ring (bicyclic) bond motifs is 1. The second-order valence-electron chi connectivity index (χ2n) is 11.4. The molecule has 5 heteroatoms. The van der Waals surface area contributed by atoms with Gasteiger partial charge in [-0.1, -0.05) is 60.6 Å². The molecule has 0 amide bonds. The van der Waals surface area contributed by atoms with E-state index in [1.165, 1.54) is 31.4 Å². The topological polar surface area (TPSA) is 72.8 Å². The molecule has 2 fully saturated rings. The predicted octanol–water partition coefficient (Wildman–Crippen LogP) is 5.82. The molecular formula is C30H42O5. The predicted molar refractivity (Wildman–Crippen MR) is 137 cm³/mol. The van der Waals surface area contributed by atoms with Crippen LogP contribution in [0.1, 0.15) is 92.9 Å². The van der Waals surface area contributed by atoms with Crippen LogP contribution in [-0.2, 0) is 19.1 Å². The number of rotatable bonds is 5. The van der Waals surface area contributed by atoms with Crippen molar-refractivity contribution in [3.63, 3.8) is 0 Å². The third kappa shape index (κ3) is 7.34. The summed E-state index contributed by atoms with van der Waals surface area (Å²) in [6, 6.07) is 0. The van der Waals surface area contributed by atoms with Crippen LogP contribution in [0.3, 0.4) is 0 Å². The van der Waals surface area contributed by atoms with Gasteiger partial charge in [0.1, 0.15) is 17.8 Å². The Morgan fingerprint density at radius 3 is 2.40 bits per heavy atom. The van der Waals surface area contributed by atoms with E-state index in [1.54, 1.807) is 13.8 Å². The van der Waals surface area contributed by atoms with Crippen LogP contribution < -0.4 is 0 Å². The number of allylic oxidation sites excluding steroid dienone is 5. The van der Waals surface area contributed by atoms with Crippen molar-refractivity contribution >= 4 is 11.9 Å². The SMILES string of the molecule is CC(=O)OC1C/C(=C/C=C2\CCC[C@]3(C)C(C(C)CC#CC(C)(C)O)=CCC23)C[C@@H](OC(C)=O)C1. The lowest BCUT2D eigenvalue weighted by atomic mass is 9.62. The summed E-state index contributed by atoms with van der Waals surface area (Å²) in [4.78, 5) is 23.1. The van der Waals surface area contributed by atoms with Crippen molar-refractivity contribution < 1.29 is 24.2 Å². The van der Waals surface area contributed by atoms with Gasteiger partial charge in [0.25, 0.3) is 0 Å². The van der Waals surface area contributed by atoms with E-state index in [-0.39, 0.29) is 29.6 Å². The Morgan fingerprint density at radius 2 is 1.83 bits per heavy atom. The second kappa shape index (κ2) is 11.2. The molecule has 0 saturated heterocycles. The summed E-state index contributed by atoms with van der Waals surface area (Å²) < 4.78 is 11.0. The molecule has 0 aromatic carbocycles. The number of aliphatic hydroxyl groups is 1. The molecule has 0 bridgehead atoms. The number of carbonyl (C=O) groups excluding carboxylic acids is 2. The van der Waals surface area contributed by atoms with Gasteiger partial charge in [-0.25, -0.2) is 0 Å². The minimum atomic E-state index is -0.952. The van der Waals surface area contributed by atoms with Gasteiger partial charge in [0, 0.05) is 39.5 Å². The van der Waals surface area contributed by atoms with Gasteiger partial charge < -0.3 is 14.6 Å². The highest BCUT2D eigenvalue weighted by Gasteiger charge is 2.45. The lowest BCUT2D eigenvalue weighted by Gasteiger charge is -2.42. The Bertz CT molecular complexity index is 941. The van der Waals surface area contributed by atoms with Crippen molar-refractivity contribution in [2.75, 3.05) is 0 Å². The quantitative estimate of drug-likeness (QED) is 0.303. The van der Waals surface area contributed by atoms with E-state index in [0.717, 1.165) is 31.3 Å². The smallest absolute Gasteiger partial charge is 0.302 e. The van der Waals surface area contributed by atoms with Crippen LogP contribution in [0.4, 0.5) is 0 Å². The first kappa shape index (κ1) is 27.3. The molecule has 5 nitrogen and oxygen atoms in total. The number of hydrogen-bond donors (Lipinski definition) is 1. The van der Waals surface area contributed by atoms with Crippen molar-refractivity contribution in [2.45, 2.75) is 111 Å². The molecule has 3 aliphatic rings. The maximum atomic E-state index is 11.5. The molecule has 192 valence electrons. The Hall–Kier alpha value is -2.32. The highest BCUT2D eigenvalue weighted by atomic mass is 16.6. The highest BCUT2D eigenvalue weighted by molar-refractivity contribution is 5.67. The average Bonchev–Trinajstić information content (AvgIpc) is 3.07. The normalized spacial score (nSPS) is 31.7. The molecule has 0 aromatic rings. The van der Waals surface area contributed by atoms with E-state index >= 15 is 0 Å². The lowest BCUT2D eigenvalue weighted by molar-refractivity contribution is -0.154. The van der Waals surface area contributed by atoms with Crippen LogP contribution in [0, 0.1) is 29.1 Å². The summed E-state index contributed by atoms with van der Waals surface area (Å²) in [5.41, 5.74) is 3.34. The van der Waals surface area contributed by atoms with Gasteiger partial charge in [0.15, 0.2) is 0 Å². The van der Waals surface area contributed by atoms with E-state index in [4.69, 9.17) is 9.47 Å². The Morgan fingerprint density at radius 1 is 1.20 bits per heavy atom. The number of esters is 2. The van der Waals surface area contributed by atoms with Crippen LogP contribution >= 0.6 is 0 Å². The van der Waals surface area contributed by atoms with Gasteiger partial charge in [0.2, 0.25) is 0 Å². The molecule has 0 aliphatic heterocycles. The first-order valence-corrected chi connectivity index (χ1v) is 13.0. The standard InChI is InChI=1S/C30H42O5/c1-20(9-7-15-29(4,5)33)27-13-14-28-24(10-8-16-30(27,28)6)12-11-23-17-25(34-21(2)31)19-26(18-23)35-22(3)32/h11-13,20,25-26,28,33H,8-10,14,16-19H2,1-6H3/b23-11-,24-12+/t20?,25?,26-,28?,30-/m1/s1. The van der Waals surface area contributed by atoms with E-state index in [9.17, 15) is 14.7 Å². The molecule has 35 heavy (non-hydrogen) atoms. The minimum Gasteiger partial charge on any atom is -0.462 e. The summed E-state index contributed by atoms with van der Waals surface area (Å²) in [6.45, 7) is 10.9. The molecule has 3 aliphatic carbocycles. The molecular weight excluding hydrogens is 440 g/mol. The van der Waals surface area contributed by atoms with E-state index in [1.807, 2.05) is 0 Å². The Kier molecular flexibility index (Phi) is 8.70. The fourth-order valence-electron chi connectivity index (χ4n) is 6.28. The maximum Gasteiger partial charge on any atom is 0.302 e. The molecule has 0 spiro atoms. The van der Waals surface area contributed by atoms with Crippen LogP contribution in [0.2, 0.25) is 0 Å². The largest absolute Gasteiger partial charge is 0.462 e. The molecule has 0 aromatic heterocycles. The lowest BCUT2D eigenvalue weighted by Crippen LogP contribution is -2.32. The molecule has 3 rings (SSSR count). The second-order valence-corrected chi connectivity index (χ2v) is 11.4. The molecule has 5 atom stereocenters. The van der Waals surface area contributed by atoms with Gasteiger partial charge in [-0.15, -0.1) is 0 Å². The molecule has 0 radical (unpaired) electrons. The Balaban J connectivity index is 1.75. The minimum absolute atomic E-state index is 0.144. The fraction of sp³-hybridized carbons (Fsp3) is 0.667. The van der Waals surface area contributed by atoms with Gasteiger partial charge in [-0.2, -0.15) is 0 Å². The first-order chi connectivity index (χ1) is 16.4. The highest BCUT2D eigenvalue weighted by Crippen LogP contribution is 2.56. The summed E-state index contributed by atoms with van der Waals surface area (Å²) in [6.07, 6.45) is 13.6. The van der Waals surface area contributed by atoms with Crippen LogP contribution in [0.25, 0.3) is 0 Å². The van der Waals surface area contributed by atoms with Gasteiger partial charge in [0.05, 0.1) is 0 Å². The molecule has 2 saturated carbocycles. The van der Waals surface area contributed by atoms with E-state index in [2.05, 4.69) is 43.9 Å². The zero-order valence-electron chi connectivity index (χ0n) is 22.3. The van der Waals surface area contributed by atoms with Crippen molar-refractivity contribution in [3.05, 3.63) is 34.9 Å². The van der Waals surface area contributed by atoms with Crippen molar-refractivity contribution in [1.82, 2.24) is 0 Å². The van der Waals surface area contributed by atoms with Gasteiger partial charge >= 0.3 is 11.9 Å². The van der Waals surface area contributed by atoms with Crippen LogP contribution in [-0.4, -0.2) is 34.9 Å².